The zero-order valence-electron chi connectivity index (χ0n) is 16.7. The topological polar surface area (TPSA) is 88.8 Å². The molecule has 0 saturated heterocycles. The Morgan fingerprint density at radius 3 is 2.54 bits per heavy atom. The lowest BCUT2D eigenvalue weighted by molar-refractivity contribution is 0.0997. The number of nitrogens with two attached hydrogens (primary N) is 1. The molecular formula is C23H25N3O2. The fourth-order valence-electron chi connectivity index (χ4n) is 3.93. The van der Waals surface area contributed by atoms with Gasteiger partial charge in [0.05, 0.1) is 10.9 Å². The van der Waals surface area contributed by atoms with Crippen molar-refractivity contribution in [1.82, 2.24) is 9.97 Å². The first-order valence-corrected chi connectivity index (χ1v) is 9.64. The van der Waals surface area contributed by atoms with Crippen LogP contribution in [0, 0.1) is 6.92 Å². The Hall–Kier alpha value is -2.95. The summed E-state index contributed by atoms with van der Waals surface area (Å²) in [6, 6.07) is 7.74. The predicted octanol–water partition coefficient (Wildman–Crippen LogP) is 4.17. The van der Waals surface area contributed by atoms with Crippen LogP contribution in [-0.4, -0.2) is 15.9 Å². The maximum absolute atomic E-state index is 12.8. The average molecular weight is 375 g/mol. The molecule has 1 aromatic carbocycles. The smallest absolute Gasteiger partial charge is 0.268 e. The molecule has 0 atom stereocenters. The van der Waals surface area contributed by atoms with Crippen molar-refractivity contribution in [2.75, 3.05) is 0 Å². The number of amides is 1. The van der Waals surface area contributed by atoms with Gasteiger partial charge in [0.25, 0.3) is 5.91 Å². The van der Waals surface area contributed by atoms with E-state index in [0.717, 1.165) is 16.8 Å². The number of pyridine rings is 2. The molecular weight excluding hydrogens is 350 g/mol. The van der Waals surface area contributed by atoms with E-state index in [1.165, 1.54) is 30.2 Å². The lowest BCUT2D eigenvalue weighted by Crippen LogP contribution is -2.18. The number of aromatic amines is 1. The van der Waals surface area contributed by atoms with Crippen molar-refractivity contribution in [2.45, 2.75) is 51.9 Å². The minimum Gasteiger partial charge on any atom is -0.364 e. The molecule has 2 aromatic heterocycles. The molecule has 3 aromatic rings. The zero-order chi connectivity index (χ0) is 20.2. The van der Waals surface area contributed by atoms with Gasteiger partial charge in [-0.2, -0.15) is 0 Å². The molecule has 5 nitrogen and oxygen atoms in total. The Kier molecular flexibility index (Phi) is 4.14. The predicted molar refractivity (Wildman–Crippen MR) is 112 cm³/mol. The fraction of sp³-hybridized carbons (Fsp3) is 0.348. The number of aromatic nitrogens is 2. The molecule has 1 amide bonds. The highest BCUT2D eigenvalue weighted by Crippen LogP contribution is 2.46. The van der Waals surface area contributed by atoms with Gasteiger partial charge in [-0.3, -0.25) is 14.6 Å². The van der Waals surface area contributed by atoms with Crippen molar-refractivity contribution in [3.63, 3.8) is 0 Å². The van der Waals surface area contributed by atoms with Crippen LogP contribution in [0.1, 0.15) is 66.7 Å². The first-order chi connectivity index (χ1) is 13.2. The highest BCUT2D eigenvalue weighted by Gasteiger charge is 2.30. The van der Waals surface area contributed by atoms with E-state index >= 15 is 0 Å². The van der Waals surface area contributed by atoms with Gasteiger partial charge < -0.3 is 10.7 Å². The van der Waals surface area contributed by atoms with Gasteiger partial charge in [0.15, 0.2) is 5.43 Å². The number of primary amides is 1. The van der Waals surface area contributed by atoms with E-state index in [0.29, 0.717) is 11.4 Å². The normalized spacial score (nSPS) is 14.4. The Morgan fingerprint density at radius 1 is 1.21 bits per heavy atom. The second-order valence-electron chi connectivity index (χ2n) is 8.77. The minimum absolute atomic E-state index is 0.00349. The van der Waals surface area contributed by atoms with E-state index in [1.54, 1.807) is 12.1 Å². The van der Waals surface area contributed by atoms with E-state index in [2.05, 4.69) is 49.8 Å². The number of fused-ring (bicyclic) bond motifs is 1. The van der Waals surface area contributed by atoms with Crippen molar-refractivity contribution in [2.24, 2.45) is 5.73 Å². The molecule has 28 heavy (non-hydrogen) atoms. The van der Waals surface area contributed by atoms with Crippen LogP contribution in [0.2, 0.25) is 0 Å². The summed E-state index contributed by atoms with van der Waals surface area (Å²) < 4.78 is 0. The zero-order valence-corrected chi connectivity index (χ0v) is 16.7. The highest BCUT2D eigenvalue weighted by molar-refractivity contribution is 6.03. The van der Waals surface area contributed by atoms with Crippen molar-refractivity contribution >= 4 is 16.8 Å². The quantitative estimate of drug-likeness (QED) is 0.720. The number of H-pyrrole nitrogens is 1. The van der Waals surface area contributed by atoms with Crippen LogP contribution in [0.4, 0.5) is 0 Å². The van der Waals surface area contributed by atoms with Crippen LogP contribution in [0.3, 0.4) is 0 Å². The van der Waals surface area contributed by atoms with Crippen molar-refractivity contribution in [3.05, 3.63) is 63.1 Å². The summed E-state index contributed by atoms with van der Waals surface area (Å²) in [6.07, 6.45) is 3.92. The molecule has 3 N–H and O–H groups in total. The van der Waals surface area contributed by atoms with Gasteiger partial charge in [-0.05, 0) is 59.9 Å². The Balaban J connectivity index is 1.95. The average Bonchev–Trinajstić information content (AvgIpc) is 3.45. The van der Waals surface area contributed by atoms with Gasteiger partial charge in [-0.25, -0.2) is 0 Å². The van der Waals surface area contributed by atoms with E-state index in [-0.39, 0.29) is 21.9 Å². The third-order valence-corrected chi connectivity index (χ3v) is 5.49. The SMILES string of the molecule is Cc1cc(C(C)(C)C)c(C2CC2)cc1-c1cc(=O)c2c(C(N)=O)nccc2[nH]1. The minimum atomic E-state index is -0.703. The molecule has 0 aliphatic heterocycles. The summed E-state index contributed by atoms with van der Waals surface area (Å²) in [5.41, 5.74) is 11.4. The van der Waals surface area contributed by atoms with Gasteiger partial charge in [-0.1, -0.05) is 26.8 Å². The van der Waals surface area contributed by atoms with Gasteiger partial charge in [0, 0.05) is 23.5 Å². The summed E-state index contributed by atoms with van der Waals surface area (Å²) >= 11 is 0. The second kappa shape index (κ2) is 6.30. The molecule has 1 aliphatic carbocycles. The number of nitrogens with zero attached hydrogens (tertiary/aromatic N) is 1. The number of hydrogen-bond acceptors (Lipinski definition) is 3. The number of nitrogens with one attached hydrogen (secondary N) is 1. The first kappa shape index (κ1) is 18.4. The molecule has 5 heteroatoms. The van der Waals surface area contributed by atoms with Crippen LogP contribution < -0.4 is 11.2 Å². The Morgan fingerprint density at radius 2 is 1.93 bits per heavy atom. The molecule has 0 spiro atoms. The summed E-state index contributed by atoms with van der Waals surface area (Å²) in [5.74, 6) is -0.100. The van der Waals surface area contributed by atoms with E-state index in [9.17, 15) is 9.59 Å². The summed E-state index contributed by atoms with van der Waals surface area (Å²) in [6.45, 7) is 8.79. The van der Waals surface area contributed by atoms with Gasteiger partial charge in [0.1, 0.15) is 5.69 Å². The number of benzene rings is 1. The molecule has 1 aliphatic rings. The number of carbonyl (C=O) groups excluding carboxylic acids is 1. The van der Waals surface area contributed by atoms with Crippen LogP contribution in [-0.2, 0) is 5.41 Å². The van der Waals surface area contributed by atoms with E-state index in [1.807, 2.05) is 0 Å². The van der Waals surface area contributed by atoms with Gasteiger partial charge in [-0.15, -0.1) is 0 Å². The highest BCUT2D eigenvalue weighted by atomic mass is 16.1. The standard InChI is InChI=1S/C23H25N3O2/c1-12-9-16(23(2,3)4)15(13-5-6-13)10-14(12)18-11-19(27)20-17(26-18)7-8-25-21(20)22(24)28/h7-11,13H,5-6H2,1-4H3,(H2,24,28)(H,26,27). The van der Waals surface area contributed by atoms with Gasteiger partial charge >= 0.3 is 0 Å². The number of hydrogen-bond donors (Lipinski definition) is 2. The third kappa shape index (κ3) is 3.11. The van der Waals surface area contributed by atoms with Crippen molar-refractivity contribution in [3.8, 4) is 11.3 Å². The van der Waals surface area contributed by atoms with Gasteiger partial charge in [0.2, 0.25) is 0 Å². The molecule has 2 heterocycles. The summed E-state index contributed by atoms with van der Waals surface area (Å²) in [4.78, 5) is 31.7. The van der Waals surface area contributed by atoms with E-state index in [4.69, 9.17) is 5.73 Å². The van der Waals surface area contributed by atoms with Crippen LogP contribution in [0.5, 0.6) is 0 Å². The Bertz CT molecular complexity index is 1160. The maximum Gasteiger partial charge on any atom is 0.268 e. The molecule has 0 bridgehead atoms. The summed E-state index contributed by atoms with van der Waals surface area (Å²) in [5, 5.41) is 0.241. The molecule has 4 rings (SSSR count). The number of carbonyl (C=O) groups is 1. The number of rotatable bonds is 3. The lowest BCUT2D eigenvalue weighted by atomic mass is 9.80. The largest absolute Gasteiger partial charge is 0.364 e. The van der Waals surface area contributed by atoms with Crippen molar-refractivity contribution < 1.29 is 4.79 Å². The Labute approximate surface area is 164 Å². The van der Waals surface area contributed by atoms with Crippen LogP contribution in [0.15, 0.2) is 35.3 Å². The van der Waals surface area contributed by atoms with Crippen LogP contribution >= 0.6 is 0 Å². The van der Waals surface area contributed by atoms with E-state index < -0.39 is 5.91 Å². The second-order valence-corrected chi connectivity index (χ2v) is 8.77. The monoisotopic (exact) mass is 375 g/mol. The van der Waals surface area contributed by atoms with Crippen molar-refractivity contribution in [1.29, 1.82) is 0 Å². The summed E-state index contributed by atoms with van der Waals surface area (Å²) in [7, 11) is 0. The fourth-order valence-corrected chi connectivity index (χ4v) is 3.93. The number of aryl methyl sites for hydroxylation is 1. The molecule has 1 saturated carbocycles. The molecule has 144 valence electrons. The third-order valence-electron chi connectivity index (χ3n) is 5.49. The lowest BCUT2D eigenvalue weighted by Gasteiger charge is -2.25. The molecule has 0 radical (unpaired) electrons. The van der Waals surface area contributed by atoms with Crippen LogP contribution in [0.25, 0.3) is 22.2 Å². The maximum atomic E-state index is 12.8. The molecule has 0 unspecified atom stereocenters. The molecule has 1 fully saturated rings. The first-order valence-electron chi connectivity index (χ1n) is 9.64.